The van der Waals surface area contributed by atoms with Gasteiger partial charge in [0.05, 0.1) is 0 Å². The minimum Gasteiger partial charge on any atom is -0.444 e. The molecule has 0 bridgehead atoms. The molecule has 2 aromatic carbocycles. The quantitative estimate of drug-likeness (QED) is 0.374. The molecule has 206 valence electrons. The largest absolute Gasteiger partial charge is 0.444 e. The molecule has 7 heteroatoms. The molecule has 0 radical (unpaired) electrons. The second-order valence-corrected chi connectivity index (χ2v) is 11.2. The summed E-state index contributed by atoms with van der Waals surface area (Å²) >= 11 is 0. The summed E-state index contributed by atoms with van der Waals surface area (Å²) in [6.45, 7) is 18.8. The van der Waals surface area contributed by atoms with Gasteiger partial charge in [0, 0.05) is 11.7 Å². The molecule has 0 saturated carbocycles. The van der Waals surface area contributed by atoms with Crippen LogP contribution < -0.4 is 10.6 Å². The summed E-state index contributed by atoms with van der Waals surface area (Å²) in [4.78, 5) is 42.3. The fourth-order valence-electron chi connectivity index (χ4n) is 4.21. The van der Waals surface area contributed by atoms with Gasteiger partial charge in [-0.15, -0.1) is 0 Å². The van der Waals surface area contributed by atoms with E-state index in [9.17, 15) is 14.4 Å². The van der Waals surface area contributed by atoms with Crippen molar-refractivity contribution in [2.24, 2.45) is 5.92 Å². The number of nitrogens with zero attached hydrogens (tertiary/aromatic N) is 1. The van der Waals surface area contributed by atoms with Crippen molar-refractivity contribution in [3.63, 3.8) is 0 Å². The second-order valence-electron chi connectivity index (χ2n) is 11.2. The molecule has 0 saturated heterocycles. The average Bonchev–Trinajstić information content (AvgIpc) is 2.81. The third-order valence-corrected chi connectivity index (χ3v) is 5.90. The number of benzene rings is 2. The number of anilines is 1. The van der Waals surface area contributed by atoms with E-state index in [1.165, 1.54) is 0 Å². The highest BCUT2D eigenvalue weighted by Gasteiger charge is 2.38. The number of para-hydroxylation sites is 1. The molecule has 0 aliphatic carbocycles. The zero-order valence-electron chi connectivity index (χ0n) is 24.0. The van der Waals surface area contributed by atoms with Gasteiger partial charge in [-0.2, -0.15) is 0 Å². The molecule has 2 rings (SSSR count). The number of aryl methyl sites for hydroxylation is 1. The zero-order valence-corrected chi connectivity index (χ0v) is 24.0. The minimum atomic E-state index is -0.947. The van der Waals surface area contributed by atoms with E-state index in [1.54, 1.807) is 31.7 Å². The number of carbonyl (C=O) groups is 3. The number of amides is 3. The third-order valence-electron chi connectivity index (χ3n) is 5.90. The summed E-state index contributed by atoms with van der Waals surface area (Å²) in [5.41, 5.74) is 2.35. The molecule has 0 aliphatic heterocycles. The van der Waals surface area contributed by atoms with Crippen molar-refractivity contribution in [3.8, 4) is 0 Å². The summed E-state index contributed by atoms with van der Waals surface area (Å²) in [6.07, 6.45) is 1.42. The van der Waals surface area contributed by atoms with Crippen molar-refractivity contribution in [1.29, 1.82) is 0 Å². The Labute approximate surface area is 227 Å². The van der Waals surface area contributed by atoms with E-state index in [0.29, 0.717) is 17.7 Å². The first-order valence-electron chi connectivity index (χ1n) is 13.1. The van der Waals surface area contributed by atoms with Gasteiger partial charge < -0.3 is 20.3 Å². The van der Waals surface area contributed by atoms with Crippen LogP contribution in [0.3, 0.4) is 0 Å². The molecule has 38 heavy (non-hydrogen) atoms. The lowest BCUT2D eigenvalue weighted by atomic mass is 9.96. The van der Waals surface area contributed by atoms with Gasteiger partial charge >= 0.3 is 6.09 Å². The summed E-state index contributed by atoms with van der Waals surface area (Å²) < 4.78 is 5.44. The molecule has 2 N–H and O–H groups in total. The number of nitrogens with one attached hydrogen (secondary N) is 2. The maximum atomic E-state index is 14.2. The van der Waals surface area contributed by atoms with Crippen LogP contribution in [0, 0.1) is 12.8 Å². The highest BCUT2D eigenvalue weighted by atomic mass is 16.6. The van der Waals surface area contributed by atoms with Crippen molar-refractivity contribution in [1.82, 2.24) is 10.2 Å². The Kier molecular flexibility index (Phi) is 10.7. The lowest BCUT2D eigenvalue weighted by Gasteiger charge is -2.37. The molecule has 0 aliphatic rings. The molecule has 2 unspecified atom stereocenters. The van der Waals surface area contributed by atoms with Crippen molar-refractivity contribution in [2.45, 2.75) is 85.5 Å². The van der Waals surface area contributed by atoms with Crippen LogP contribution in [0.25, 0.3) is 6.08 Å². The highest BCUT2D eigenvalue weighted by Crippen LogP contribution is 2.29. The van der Waals surface area contributed by atoms with Gasteiger partial charge in [-0.05, 0) is 82.7 Å². The normalized spacial score (nSPS) is 13.0. The maximum absolute atomic E-state index is 14.2. The van der Waals surface area contributed by atoms with Crippen LogP contribution in [0.2, 0.25) is 0 Å². The minimum absolute atomic E-state index is 0.108. The predicted octanol–water partition coefficient (Wildman–Crippen LogP) is 6.49. The summed E-state index contributed by atoms with van der Waals surface area (Å²) in [6, 6.07) is 12.7. The van der Waals surface area contributed by atoms with Gasteiger partial charge in [0.25, 0.3) is 5.91 Å². The van der Waals surface area contributed by atoms with Crippen molar-refractivity contribution in [2.75, 3.05) is 5.32 Å². The van der Waals surface area contributed by atoms with Crippen LogP contribution in [0.4, 0.5) is 10.5 Å². The van der Waals surface area contributed by atoms with Crippen LogP contribution in [0.15, 0.2) is 55.1 Å². The van der Waals surface area contributed by atoms with E-state index in [0.717, 1.165) is 11.1 Å². The first kappa shape index (κ1) is 30.6. The monoisotopic (exact) mass is 521 g/mol. The maximum Gasteiger partial charge on any atom is 0.408 e. The summed E-state index contributed by atoms with van der Waals surface area (Å²) in [5.74, 6) is -0.590. The zero-order chi connectivity index (χ0) is 28.6. The Hall–Kier alpha value is -3.61. The first-order valence-corrected chi connectivity index (χ1v) is 13.1. The molecule has 0 heterocycles. The molecule has 0 spiro atoms. The Morgan fingerprint density at radius 1 is 1.03 bits per heavy atom. The molecule has 2 aromatic rings. The fourth-order valence-corrected chi connectivity index (χ4v) is 4.21. The Morgan fingerprint density at radius 2 is 1.68 bits per heavy atom. The van der Waals surface area contributed by atoms with Gasteiger partial charge in [-0.1, -0.05) is 62.9 Å². The van der Waals surface area contributed by atoms with Crippen molar-refractivity contribution >= 4 is 29.7 Å². The van der Waals surface area contributed by atoms with E-state index in [-0.39, 0.29) is 23.8 Å². The first-order chi connectivity index (χ1) is 17.7. The SMILES string of the molecule is C=Cc1cccc(C(C(=O)Nc2ccccc2C)N(C(=O)C(CC(C)C)NC(=O)OC(C)(C)C)C(C)C)c1. The number of hydrogen-bond acceptors (Lipinski definition) is 4. The van der Waals surface area contributed by atoms with Gasteiger partial charge in [-0.25, -0.2) is 4.79 Å². The molecule has 0 fully saturated rings. The predicted molar refractivity (Wildman–Crippen MR) is 154 cm³/mol. The van der Waals surface area contributed by atoms with Crippen LogP contribution in [-0.4, -0.2) is 40.5 Å². The van der Waals surface area contributed by atoms with Crippen LogP contribution in [0.1, 0.15) is 77.6 Å². The number of ether oxygens (including phenoxy) is 1. The van der Waals surface area contributed by atoms with Gasteiger partial charge in [0.15, 0.2) is 0 Å². The van der Waals surface area contributed by atoms with E-state index < -0.39 is 23.8 Å². The summed E-state index contributed by atoms with van der Waals surface area (Å²) in [5, 5.41) is 5.78. The number of rotatable bonds is 10. The molecular formula is C31H43N3O4. The van der Waals surface area contributed by atoms with E-state index in [1.807, 2.05) is 83.1 Å². The number of hydrogen-bond donors (Lipinski definition) is 2. The number of carbonyl (C=O) groups excluding carboxylic acids is 3. The highest BCUT2D eigenvalue weighted by molar-refractivity contribution is 5.99. The van der Waals surface area contributed by atoms with Crippen LogP contribution in [0.5, 0.6) is 0 Å². The lowest BCUT2D eigenvalue weighted by molar-refractivity contribution is -0.143. The van der Waals surface area contributed by atoms with Gasteiger partial charge in [0.2, 0.25) is 5.91 Å². The number of alkyl carbamates (subject to hydrolysis) is 1. The smallest absolute Gasteiger partial charge is 0.408 e. The average molecular weight is 522 g/mol. The molecule has 0 aromatic heterocycles. The summed E-state index contributed by atoms with van der Waals surface area (Å²) in [7, 11) is 0. The fraction of sp³-hybridized carbons (Fsp3) is 0.452. The van der Waals surface area contributed by atoms with E-state index >= 15 is 0 Å². The molecular weight excluding hydrogens is 478 g/mol. The lowest BCUT2D eigenvalue weighted by Crippen LogP contribution is -2.54. The molecule has 2 atom stereocenters. The molecule has 3 amide bonds. The topological polar surface area (TPSA) is 87.7 Å². The molecule has 7 nitrogen and oxygen atoms in total. The Bertz CT molecular complexity index is 1130. The Morgan fingerprint density at radius 3 is 2.24 bits per heavy atom. The van der Waals surface area contributed by atoms with Crippen LogP contribution in [-0.2, 0) is 14.3 Å². The van der Waals surface area contributed by atoms with Crippen molar-refractivity contribution < 1.29 is 19.1 Å². The van der Waals surface area contributed by atoms with Gasteiger partial charge in [-0.3, -0.25) is 9.59 Å². The van der Waals surface area contributed by atoms with Crippen LogP contribution >= 0.6 is 0 Å². The third kappa shape index (κ3) is 8.75. The Balaban J connectivity index is 2.56. The standard InChI is InChI=1S/C31H43N3O4/c1-10-23-15-13-16-24(19-23)27(28(35)32-25-17-12-11-14-22(25)6)34(21(4)5)29(36)26(18-20(2)3)33-30(37)38-31(7,8)9/h10-17,19-21,26-27H,1,18H2,2-9H3,(H,32,35)(H,33,37). The second kappa shape index (κ2) is 13.3. The van der Waals surface area contributed by atoms with E-state index in [4.69, 9.17) is 4.74 Å². The van der Waals surface area contributed by atoms with E-state index in [2.05, 4.69) is 17.2 Å². The van der Waals surface area contributed by atoms with Gasteiger partial charge in [0.1, 0.15) is 17.7 Å². The van der Waals surface area contributed by atoms with Crippen molar-refractivity contribution in [3.05, 3.63) is 71.8 Å².